The summed E-state index contributed by atoms with van der Waals surface area (Å²) in [4.78, 5) is 56.5. The third-order valence-corrected chi connectivity index (χ3v) is 3.55. The number of aryl methyl sites for hydroxylation is 1. The first-order chi connectivity index (χ1) is 10.0. The number of rotatable bonds is 2. The number of nitrogens with zero attached hydrogens (tertiary/aromatic N) is 3. The van der Waals surface area contributed by atoms with Crippen LogP contribution in [0.25, 0.3) is 0 Å². The normalized spacial score (nSPS) is 21.6. The third-order valence-electron chi connectivity index (χ3n) is 3.55. The number of imide groups is 2. The van der Waals surface area contributed by atoms with Crippen LogP contribution in [0.2, 0.25) is 0 Å². The highest BCUT2D eigenvalue weighted by Gasteiger charge is 2.46. The van der Waals surface area contributed by atoms with Crippen LogP contribution in [0.15, 0.2) is 6.20 Å². The quantitative estimate of drug-likeness (QED) is 0.731. The van der Waals surface area contributed by atoms with Crippen molar-refractivity contribution >= 4 is 23.6 Å². The van der Waals surface area contributed by atoms with Gasteiger partial charge < -0.3 is 0 Å². The SMILES string of the molecule is CCc1cnc2c(n1)C(=O)N(C1CCC(=O)NC1=O)C2=O. The summed E-state index contributed by atoms with van der Waals surface area (Å²) in [5, 5.41) is 2.13. The maximum atomic E-state index is 12.3. The van der Waals surface area contributed by atoms with E-state index in [1.807, 2.05) is 6.92 Å². The Morgan fingerprint density at radius 3 is 2.62 bits per heavy atom. The van der Waals surface area contributed by atoms with Crippen molar-refractivity contribution in [1.82, 2.24) is 20.2 Å². The molecule has 2 aliphatic heterocycles. The van der Waals surface area contributed by atoms with Crippen molar-refractivity contribution in [3.8, 4) is 0 Å². The van der Waals surface area contributed by atoms with Crippen LogP contribution in [-0.4, -0.2) is 44.5 Å². The average Bonchev–Trinajstić information content (AvgIpc) is 2.71. The lowest BCUT2D eigenvalue weighted by atomic mass is 10.0. The van der Waals surface area contributed by atoms with E-state index in [-0.39, 0.29) is 24.2 Å². The molecule has 1 fully saturated rings. The number of nitrogens with one attached hydrogen (secondary N) is 1. The van der Waals surface area contributed by atoms with E-state index in [1.165, 1.54) is 6.20 Å². The van der Waals surface area contributed by atoms with Gasteiger partial charge in [-0.05, 0) is 12.8 Å². The first kappa shape index (κ1) is 13.3. The Balaban J connectivity index is 1.96. The minimum atomic E-state index is -0.983. The smallest absolute Gasteiger partial charge is 0.282 e. The molecular weight excluding hydrogens is 276 g/mol. The number of amides is 4. The molecule has 0 saturated carbocycles. The standard InChI is InChI=1S/C13H12N4O4/c1-2-6-5-14-9-10(15-6)13(21)17(12(9)20)7-3-4-8(18)16-11(7)19/h5,7H,2-4H2,1H3,(H,16,18,19). The molecule has 1 saturated heterocycles. The van der Waals surface area contributed by atoms with E-state index in [1.54, 1.807) is 0 Å². The van der Waals surface area contributed by atoms with Crippen LogP contribution in [0, 0.1) is 0 Å². The van der Waals surface area contributed by atoms with Crippen molar-refractivity contribution < 1.29 is 19.2 Å². The van der Waals surface area contributed by atoms with Crippen LogP contribution in [0.5, 0.6) is 0 Å². The van der Waals surface area contributed by atoms with Crippen LogP contribution in [0.1, 0.15) is 46.4 Å². The second-order valence-electron chi connectivity index (χ2n) is 4.86. The van der Waals surface area contributed by atoms with Gasteiger partial charge in [-0.2, -0.15) is 0 Å². The van der Waals surface area contributed by atoms with E-state index >= 15 is 0 Å². The molecule has 1 unspecified atom stereocenters. The molecule has 1 N–H and O–H groups in total. The Hall–Kier alpha value is -2.64. The molecule has 0 aliphatic carbocycles. The lowest BCUT2D eigenvalue weighted by molar-refractivity contribution is -0.136. The van der Waals surface area contributed by atoms with Crippen molar-refractivity contribution in [2.75, 3.05) is 0 Å². The lowest BCUT2D eigenvalue weighted by Gasteiger charge is -2.27. The molecule has 1 aromatic heterocycles. The molecule has 8 heteroatoms. The van der Waals surface area contributed by atoms with Gasteiger partial charge in [0.25, 0.3) is 11.8 Å². The summed E-state index contributed by atoms with van der Waals surface area (Å²) >= 11 is 0. The second kappa shape index (κ2) is 4.72. The summed E-state index contributed by atoms with van der Waals surface area (Å²) in [5.74, 6) is -2.32. The number of hydrogen-bond donors (Lipinski definition) is 1. The van der Waals surface area contributed by atoms with E-state index < -0.39 is 29.7 Å². The van der Waals surface area contributed by atoms with Crippen molar-refractivity contribution in [2.24, 2.45) is 0 Å². The Labute approximate surface area is 119 Å². The van der Waals surface area contributed by atoms with Crippen LogP contribution < -0.4 is 5.32 Å². The molecule has 21 heavy (non-hydrogen) atoms. The first-order valence-corrected chi connectivity index (χ1v) is 6.60. The van der Waals surface area contributed by atoms with E-state index in [9.17, 15) is 19.2 Å². The summed E-state index contributed by atoms with van der Waals surface area (Å²) in [7, 11) is 0. The van der Waals surface area contributed by atoms with Gasteiger partial charge in [0.15, 0.2) is 11.4 Å². The van der Waals surface area contributed by atoms with Gasteiger partial charge in [0.2, 0.25) is 11.8 Å². The predicted molar refractivity (Wildman–Crippen MR) is 68.1 cm³/mol. The van der Waals surface area contributed by atoms with Gasteiger partial charge in [-0.25, -0.2) is 9.97 Å². The van der Waals surface area contributed by atoms with Gasteiger partial charge in [0, 0.05) is 12.6 Å². The summed E-state index contributed by atoms with van der Waals surface area (Å²) < 4.78 is 0. The Morgan fingerprint density at radius 2 is 1.95 bits per heavy atom. The number of carbonyl (C=O) groups excluding carboxylic acids is 4. The molecule has 3 heterocycles. The fraction of sp³-hybridized carbons (Fsp3) is 0.385. The number of carbonyl (C=O) groups is 4. The number of aromatic nitrogens is 2. The molecule has 0 bridgehead atoms. The largest absolute Gasteiger partial charge is 0.295 e. The predicted octanol–water partition coefficient (Wildman–Crippen LogP) is -0.560. The summed E-state index contributed by atoms with van der Waals surface area (Å²) in [6.45, 7) is 1.86. The topological polar surface area (TPSA) is 109 Å². The fourth-order valence-corrected chi connectivity index (χ4v) is 2.43. The van der Waals surface area contributed by atoms with Crippen LogP contribution in [-0.2, 0) is 16.0 Å². The molecule has 3 rings (SSSR count). The van der Waals surface area contributed by atoms with Crippen molar-refractivity contribution in [3.05, 3.63) is 23.3 Å². The first-order valence-electron chi connectivity index (χ1n) is 6.60. The van der Waals surface area contributed by atoms with Crippen molar-refractivity contribution in [2.45, 2.75) is 32.2 Å². The van der Waals surface area contributed by atoms with E-state index in [0.717, 1.165) is 4.90 Å². The van der Waals surface area contributed by atoms with Crippen LogP contribution in [0.3, 0.4) is 0 Å². The van der Waals surface area contributed by atoms with Gasteiger partial charge in [-0.3, -0.25) is 29.4 Å². The zero-order chi connectivity index (χ0) is 15.1. The lowest BCUT2D eigenvalue weighted by Crippen LogP contribution is -2.54. The monoisotopic (exact) mass is 288 g/mol. The molecule has 1 atom stereocenters. The number of hydrogen-bond acceptors (Lipinski definition) is 6. The molecule has 108 valence electrons. The zero-order valence-electron chi connectivity index (χ0n) is 11.3. The Kier molecular flexibility index (Phi) is 3.00. The average molecular weight is 288 g/mol. The highest BCUT2D eigenvalue weighted by molar-refractivity contribution is 6.21. The third kappa shape index (κ3) is 1.99. The second-order valence-corrected chi connectivity index (χ2v) is 4.86. The number of piperidine rings is 1. The zero-order valence-corrected chi connectivity index (χ0v) is 11.3. The number of fused-ring (bicyclic) bond motifs is 1. The minimum absolute atomic E-state index is 0.0240. The summed E-state index contributed by atoms with van der Waals surface area (Å²) in [5.41, 5.74) is 0.533. The van der Waals surface area contributed by atoms with E-state index in [2.05, 4.69) is 15.3 Å². The molecular formula is C13H12N4O4. The minimum Gasteiger partial charge on any atom is -0.295 e. The molecule has 4 amide bonds. The summed E-state index contributed by atoms with van der Waals surface area (Å²) in [6, 6.07) is -0.983. The van der Waals surface area contributed by atoms with E-state index in [0.29, 0.717) is 12.1 Å². The molecule has 0 radical (unpaired) electrons. The van der Waals surface area contributed by atoms with Crippen molar-refractivity contribution in [3.63, 3.8) is 0 Å². The maximum absolute atomic E-state index is 12.3. The maximum Gasteiger partial charge on any atom is 0.282 e. The fourth-order valence-electron chi connectivity index (χ4n) is 2.43. The Bertz CT molecular complexity index is 685. The molecule has 2 aliphatic rings. The van der Waals surface area contributed by atoms with Gasteiger partial charge in [0.1, 0.15) is 6.04 Å². The highest BCUT2D eigenvalue weighted by Crippen LogP contribution is 2.25. The van der Waals surface area contributed by atoms with Gasteiger partial charge in [0.05, 0.1) is 5.69 Å². The molecule has 8 nitrogen and oxygen atoms in total. The van der Waals surface area contributed by atoms with Crippen LogP contribution in [0.4, 0.5) is 0 Å². The Morgan fingerprint density at radius 1 is 1.24 bits per heavy atom. The molecule has 0 aromatic carbocycles. The van der Waals surface area contributed by atoms with Gasteiger partial charge in [-0.15, -0.1) is 0 Å². The highest BCUT2D eigenvalue weighted by atomic mass is 16.2. The molecule has 1 aromatic rings. The van der Waals surface area contributed by atoms with Crippen molar-refractivity contribution in [1.29, 1.82) is 0 Å². The van der Waals surface area contributed by atoms with Gasteiger partial charge >= 0.3 is 0 Å². The summed E-state index contributed by atoms with van der Waals surface area (Å²) in [6.07, 6.45) is 2.24. The van der Waals surface area contributed by atoms with Crippen LogP contribution >= 0.6 is 0 Å². The van der Waals surface area contributed by atoms with Gasteiger partial charge in [-0.1, -0.05) is 6.92 Å². The molecule has 0 spiro atoms. The van der Waals surface area contributed by atoms with E-state index in [4.69, 9.17) is 0 Å².